The number of nitrogens with zero attached hydrogens (tertiary/aromatic N) is 2. The van der Waals surface area contributed by atoms with Gasteiger partial charge >= 0.3 is 5.69 Å². The summed E-state index contributed by atoms with van der Waals surface area (Å²) in [5.41, 5.74) is -0.224. The Hall–Kier alpha value is -0.840. The molecule has 0 spiro atoms. The number of hydrogen-bond donors (Lipinski definition) is 1. The maximum Gasteiger partial charge on any atom is 0.357 e. The largest absolute Gasteiger partial charge is 0.357 e. The van der Waals surface area contributed by atoms with Crippen LogP contribution in [0.5, 0.6) is 0 Å². The summed E-state index contributed by atoms with van der Waals surface area (Å²) in [5, 5.41) is 0.845. The number of H-pyrrole nitrogens is 1. The second-order valence-corrected chi connectivity index (χ2v) is 4.22. The molecule has 2 rings (SSSR count). The second-order valence-electron chi connectivity index (χ2n) is 3.44. The van der Waals surface area contributed by atoms with Crippen molar-refractivity contribution in [3.8, 4) is 0 Å². The molecule has 0 radical (unpaired) electrons. The molecule has 13 heavy (non-hydrogen) atoms. The van der Waals surface area contributed by atoms with E-state index in [1.807, 2.05) is 0 Å². The molecule has 1 aromatic heterocycles. The van der Waals surface area contributed by atoms with E-state index in [4.69, 9.17) is 0 Å². The third-order valence-corrected chi connectivity index (χ3v) is 3.26. The fourth-order valence-corrected chi connectivity index (χ4v) is 2.47. The van der Waals surface area contributed by atoms with Crippen molar-refractivity contribution >= 4 is 16.7 Å². The van der Waals surface area contributed by atoms with Gasteiger partial charge in [0, 0.05) is 12.6 Å². The zero-order valence-electron chi connectivity index (χ0n) is 7.62. The molecule has 5 heteroatoms. The van der Waals surface area contributed by atoms with E-state index in [0.717, 1.165) is 11.7 Å². The first-order valence-electron chi connectivity index (χ1n) is 4.59. The minimum absolute atomic E-state index is 0.224. The van der Waals surface area contributed by atoms with Gasteiger partial charge in [-0.25, -0.2) is 4.79 Å². The molecule has 0 bridgehead atoms. The number of rotatable bonds is 1. The predicted octanol–water partition coefficient (Wildman–Crippen LogP) is 1.21. The molecule has 1 fully saturated rings. The molecule has 0 amide bonds. The molecule has 1 aromatic rings. The van der Waals surface area contributed by atoms with Crippen molar-refractivity contribution in [2.45, 2.75) is 32.2 Å². The van der Waals surface area contributed by atoms with E-state index in [-0.39, 0.29) is 5.69 Å². The normalized spacial score (nSPS) is 23.5. The van der Waals surface area contributed by atoms with Crippen LogP contribution in [0.4, 0.5) is 5.13 Å². The summed E-state index contributed by atoms with van der Waals surface area (Å²) in [7, 11) is 0. The number of hydrogen-bond acceptors (Lipinski definition) is 4. The van der Waals surface area contributed by atoms with Gasteiger partial charge < -0.3 is 4.90 Å². The van der Waals surface area contributed by atoms with Gasteiger partial charge in [0.1, 0.15) is 0 Å². The van der Waals surface area contributed by atoms with Crippen LogP contribution >= 0.6 is 11.5 Å². The van der Waals surface area contributed by atoms with Crippen LogP contribution in [0.1, 0.15) is 26.2 Å². The molecule has 1 atom stereocenters. The highest BCUT2D eigenvalue weighted by Crippen LogP contribution is 2.23. The Morgan fingerprint density at radius 2 is 2.46 bits per heavy atom. The zero-order chi connectivity index (χ0) is 9.26. The Balaban J connectivity index is 2.19. The lowest BCUT2D eigenvalue weighted by Gasteiger charge is -2.32. The van der Waals surface area contributed by atoms with E-state index in [1.165, 1.54) is 30.8 Å². The van der Waals surface area contributed by atoms with E-state index in [0.29, 0.717) is 6.04 Å². The van der Waals surface area contributed by atoms with Gasteiger partial charge in [-0.05, 0) is 37.7 Å². The van der Waals surface area contributed by atoms with E-state index >= 15 is 0 Å². The Morgan fingerprint density at radius 3 is 3.08 bits per heavy atom. The first kappa shape index (κ1) is 8.74. The van der Waals surface area contributed by atoms with Crippen LogP contribution in [0, 0.1) is 0 Å². The maximum absolute atomic E-state index is 10.9. The number of piperidine rings is 1. The smallest absolute Gasteiger partial charge is 0.344 e. The number of aromatic nitrogens is 2. The summed E-state index contributed by atoms with van der Waals surface area (Å²) in [6.45, 7) is 3.22. The Bertz CT molecular complexity index is 332. The standard InChI is InChI=1S/C8H13N3OS/c1-6-4-2-3-5-11(6)8-9-7(12)10-13-8/h6H,2-5H2,1H3,(H,10,12). The van der Waals surface area contributed by atoms with Crippen molar-refractivity contribution in [1.29, 1.82) is 0 Å². The average molecular weight is 199 g/mol. The Labute approximate surface area is 80.8 Å². The molecular formula is C8H13N3OS. The number of aromatic amines is 1. The molecule has 1 aliphatic heterocycles. The van der Waals surface area contributed by atoms with Crippen molar-refractivity contribution < 1.29 is 0 Å². The van der Waals surface area contributed by atoms with E-state index in [2.05, 4.69) is 21.2 Å². The lowest BCUT2D eigenvalue weighted by molar-refractivity contribution is 0.484. The van der Waals surface area contributed by atoms with Gasteiger partial charge in [0.05, 0.1) is 0 Å². The lowest BCUT2D eigenvalue weighted by Crippen LogP contribution is -2.37. The van der Waals surface area contributed by atoms with Crippen LogP contribution in [0.15, 0.2) is 4.79 Å². The molecule has 0 aliphatic carbocycles. The summed E-state index contributed by atoms with van der Waals surface area (Å²) in [5.74, 6) is 0. The van der Waals surface area contributed by atoms with Crippen LogP contribution in [0.25, 0.3) is 0 Å². The van der Waals surface area contributed by atoms with Gasteiger partial charge in [0.15, 0.2) is 0 Å². The van der Waals surface area contributed by atoms with Crippen LogP contribution in [-0.2, 0) is 0 Å². The van der Waals surface area contributed by atoms with Crippen LogP contribution < -0.4 is 10.6 Å². The van der Waals surface area contributed by atoms with Gasteiger partial charge in [-0.1, -0.05) is 0 Å². The third kappa shape index (κ3) is 1.75. The summed E-state index contributed by atoms with van der Waals surface area (Å²) in [4.78, 5) is 17.0. The van der Waals surface area contributed by atoms with Crippen LogP contribution in [0.2, 0.25) is 0 Å². The predicted molar refractivity (Wildman–Crippen MR) is 53.4 cm³/mol. The van der Waals surface area contributed by atoms with Crippen molar-refractivity contribution in [3.05, 3.63) is 10.5 Å². The van der Waals surface area contributed by atoms with Crippen molar-refractivity contribution in [3.63, 3.8) is 0 Å². The zero-order valence-corrected chi connectivity index (χ0v) is 8.43. The molecule has 0 aromatic carbocycles. The maximum atomic E-state index is 10.9. The third-order valence-electron chi connectivity index (χ3n) is 2.48. The van der Waals surface area contributed by atoms with Gasteiger partial charge in [-0.15, -0.1) is 0 Å². The lowest BCUT2D eigenvalue weighted by atomic mass is 10.1. The van der Waals surface area contributed by atoms with Gasteiger partial charge in [0.25, 0.3) is 0 Å². The van der Waals surface area contributed by atoms with Gasteiger partial charge in [-0.3, -0.25) is 4.37 Å². The fourth-order valence-electron chi connectivity index (χ4n) is 1.73. The second kappa shape index (κ2) is 3.49. The summed E-state index contributed by atoms with van der Waals surface area (Å²) in [6.07, 6.45) is 3.70. The Kier molecular flexibility index (Phi) is 2.35. The fraction of sp³-hybridized carbons (Fsp3) is 0.750. The first-order valence-corrected chi connectivity index (χ1v) is 5.41. The summed E-state index contributed by atoms with van der Waals surface area (Å²) in [6, 6.07) is 0.521. The van der Waals surface area contributed by atoms with E-state index in [9.17, 15) is 4.79 Å². The average Bonchev–Trinajstić information content (AvgIpc) is 2.53. The summed E-state index contributed by atoms with van der Waals surface area (Å²) >= 11 is 1.34. The minimum Gasteiger partial charge on any atom is -0.344 e. The first-order chi connectivity index (χ1) is 6.27. The highest BCUT2D eigenvalue weighted by atomic mass is 32.1. The molecule has 72 valence electrons. The molecule has 2 heterocycles. The molecule has 1 aliphatic rings. The van der Waals surface area contributed by atoms with Crippen LogP contribution in [0.3, 0.4) is 0 Å². The molecule has 0 saturated carbocycles. The highest BCUT2D eigenvalue weighted by molar-refractivity contribution is 7.09. The number of nitrogens with one attached hydrogen (secondary N) is 1. The molecule has 1 saturated heterocycles. The van der Waals surface area contributed by atoms with Crippen molar-refractivity contribution in [1.82, 2.24) is 9.36 Å². The molecule has 1 N–H and O–H groups in total. The van der Waals surface area contributed by atoms with Crippen molar-refractivity contribution in [2.75, 3.05) is 11.4 Å². The van der Waals surface area contributed by atoms with Gasteiger partial charge in [0.2, 0.25) is 5.13 Å². The van der Waals surface area contributed by atoms with Crippen LogP contribution in [-0.4, -0.2) is 21.9 Å². The highest BCUT2D eigenvalue weighted by Gasteiger charge is 2.20. The van der Waals surface area contributed by atoms with Gasteiger partial charge in [-0.2, -0.15) is 4.98 Å². The molecule has 1 unspecified atom stereocenters. The summed E-state index contributed by atoms with van der Waals surface area (Å²) < 4.78 is 2.62. The van der Waals surface area contributed by atoms with E-state index < -0.39 is 0 Å². The Morgan fingerprint density at radius 1 is 1.62 bits per heavy atom. The topological polar surface area (TPSA) is 49.0 Å². The SMILES string of the molecule is CC1CCCCN1c1nc(=O)[nH]s1. The monoisotopic (exact) mass is 199 g/mol. The van der Waals surface area contributed by atoms with Crippen molar-refractivity contribution in [2.24, 2.45) is 0 Å². The molecular weight excluding hydrogens is 186 g/mol. The van der Waals surface area contributed by atoms with E-state index in [1.54, 1.807) is 0 Å². The molecule has 4 nitrogen and oxygen atoms in total. The minimum atomic E-state index is -0.224. The number of anilines is 1. The quantitative estimate of drug-likeness (QED) is 0.739.